The molecule has 0 aromatic heterocycles. The zero-order valence-corrected chi connectivity index (χ0v) is 11.9. The number of hydrogen-bond donors (Lipinski definition) is 1. The van der Waals surface area contributed by atoms with Gasteiger partial charge >= 0.3 is 6.03 Å². The number of carbonyl (C=O) groups is 3. The van der Waals surface area contributed by atoms with Crippen molar-refractivity contribution in [1.29, 1.82) is 0 Å². The molecule has 1 N–H and O–H groups in total. The Balaban J connectivity index is 2.00. The molecule has 0 radical (unpaired) electrons. The average Bonchev–Trinajstić information content (AvgIpc) is 2.61. The smallest absolute Gasteiger partial charge is 0.324 e. The molecule has 1 saturated heterocycles. The van der Waals surface area contributed by atoms with Gasteiger partial charge in [-0.1, -0.05) is 17.7 Å². The van der Waals surface area contributed by atoms with E-state index >= 15 is 0 Å². The quantitative estimate of drug-likeness (QED) is 0.859. The number of halogens is 1. The van der Waals surface area contributed by atoms with Crippen molar-refractivity contribution in [3.63, 3.8) is 0 Å². The Morgan fingerprint density at radius 2 is 2.10 bits per heavy atom. The molecular formula is C13H14ClN3O3. The number of likely N-dealkylation sites (N-methyl/N-ethyl adjacent to an activating group) is 1. The minimum Gasteiger partial charge on any atom is -0.324 e. The molecular weight excluding hydrogens is 282 g/mol. The number of urea groups is 1. The van der Waals surface area contributed by atoms with Crippen molar-refractivity contribution >= 4 is 35.1 Å². The summed E-state index contributed by atoms with van der Waals surface area (Å²) in [5.41, 5.74) is 1.43. The number of nitrogens with zero attached hydrogens (tertiary/aromatic N) is 2. The molecule has 0 spiro atoms. The van der Waals surface area contributed by atoms with Crippen LogP contribution >= 0.6 is 11.6 Å². The van der Waals surface area contributed by atoms with Crippen LogP contribution in [0, 0.1) is 6.92 Å². The summed E-state index contributed by atoms with van der Waals surface area (Å²) in [6, 6.07) is 4.64. The van der Waals surface area contributed by atoms with E-state index in [1.54, 1.807) is 18.2 Å². The first-order chi connectivity index (χ1) is 9.38. The molecule has 20 heavy (non-hydrogen) atoms. The SMILES string of the molecule is Cc1ccc(NC(=O)CN2C(=O)CN(C)C2=O)cc1Cl. The molecule has 6 nitrogen and oxygen atoms in total. The Kier molecular flexibility index (Phi) is 3.94. The van der Waals surface area contributed by atoms with Gasteiger partial charge in [0, 0.05) is 17.8 Å². The van der Waals surface area contributed by atoms with Crippen molar-refractivity contribution in [2.45, 2.75) is 6.92 Å². The van der Waals surface area contributed by atoms with Gasteiger partial charge in [0.15, 0.2) is 0 Å². The standard InChI is InChI=1S/C13H14ClN3O3/c1-8-3-4-9(5-10(8)14)15-11(18)6-17-12(19)7-16(2)13(17)20/h3-5H,6-7H2,1-2H3,(H,15,18). The fourth-order valence-electron chi connectivity index (χ4n) is 1.84. The molecule has 1 fully saturated rings. The fraction of sp³-hybridized carbons (Fsp3) is 0.308. The topological polar surface area (TPSA) is 69.7 Å². The number of imide groups is 1. The monoisotopic (exact) mass is 295 g/mol. The van der Waals surface area contributed by atoms with Crippen LogP contribution in [0.25, 0.3) is 0 Å². The summed E-state index contributed by atoms with van der Waals surface area (Å²) < 4.78 is 0. The van der Waals surface area contributed by atoms with Crippen molar-refractivity contribution in [2.75, 3.05) is 25.5 Å². The van der Waals surface area contributed by atoms with Crippen molar-refractivity contribution in [3.05, 3.63) is 28.8 Å². The van der Waals surface area contributed by atoms with Crippen molar-refractivity contribution in [2.24, 2.45) is 0 Å². The molecule has 0 atom stereocenters. The maximum Gasteiger partial charge on any atom is 0.327 e. The number of hydrogen-bond acceptors (Lipinski definition) is 3. The zero-order chi connectivity index (χ0) is 14.9. The number of anilines is 1. The van der Waals surface area contributed by atoms with Crippen LogP contribution in [-0.2, 0) is 9.59 Å². The molecule has 2 rings (SSSR count). The van der Waals surface area contributed by atoms with Crippen molar-refractivity contribution < 1.29 is 14.4 Å². The van der Waals surface area contributed by atoms with Gasteiger partial charge < -0.3 is 10.2 Å². The highest BCUT2D eigenvalue weighted by atomic mass is 35.5. The van der Waals surface area contributed by atoms with E-state index in [4.69, 9.17) is 11.6 Å². The predicted molar refractivity (Wildman–Crippen MR) is 74.6 cm³/mol. The third-order valence-corrected chi connectivity index (χ3v) is 3.40. The Morgan fingerprint density at radius 3 is 2.65 bits per heavy atom. The lowest BCUT2D eigenvalue weighted by molar-refractivity contribution is -0.129. The second-order valence-corrected chi connectivity index (χ2v) is 5.04. The van der Waals surface area contributed by atoms with Crippen molar-refractivity contribution in [3.8, 4) is 0 Å². The molecule has 0 saturated carbocycles. The van der Waals surface area contributed by atoms with Gasteiger partial charge in [0.1, 0.15) is 13.1 Å². The van der Waals surface area contributed by atoms with Crippen LogP contribution in [0.15, 0.2) is 18.2 Å². The Hall–Kier alpha value is -2.08. The van der Waals surface area contributed by atoms with Gasteiger partial charge in [-0.25, -0.2) is 4.79 Å². The normalized spacial score (nSPS) is 14.9. The lowest BCUT2D eigenvalue weighted by atomic mass is 10.2. The van der Waals surface area contributed by atoms with E-state index in [2.05, 4.69) is 5.32 Å². The summed E-state index contributed by atoms with van der Waals surface area (Å²) in [5.74, 6) is -0.823. The number of rotatable bonds is 3. The lowest BCUT2D eigenvalue weighted by Crippen LogP contribution is -2.38. The summed E-state index contributed by atoms with van der Waals surface area (Å²) in [6.07, 6.45) is 0. The van der Waals surface area contributed by atoms with Crippen LogP contribution in [0.2, 0.25) is 5.02 Å². The van der Waals surface area contributed by atoms with E-state index in [1.165, 1.54) is 11.9 Å². The molecule has 0 bridgehead atoms. The molecule has 4 amide bonds. The summed E-state index contributed by atoms with van der Waals surface area (Å²) in [5, 5.41) is 3.14. The molecule has 1 aliphatic heterocycles. The van der Waals surface area contributed by atoms with Gasteiger partial charge in [-0.2, -0.15) is 0 Å². The van der Waals surface area contributed by atoms with E-state index in [0.29, 0.717) is 10.7 Å². The molecule has 1 heterocycles. The zero-order valence-electron chi connectivity index (χ0n) is 11.1. The van der Waals surface area contributed by atoms with Gasteiger partial charge in [0.25, 0.3) is 5.91 Å². The first-order valence-electron chi connectivity index (χ1n) is 6.00. The van der Waals surface area contributed by atoms with Crippen LogP contribution in [0.3, 0.4) is 0 Å². The maximum absolute atomic E-state index is 11.8. The Labute approximate surface area is 121 Å². The van der Waals surface area contributed by atoms with E-state index in [9.17, 15) is 14.4 Å². The largest absolute Gasteiger partial charge is 0.327 e. The summed E-state index contributed by atoms with van der Waals surface area (Å²) in [7, 11) is 1.51. The highest BCUT2D eigenvalue weighted by molar-refractivity contribution is 6.31. The summed E-state index contributed by atoms with van der Waals surface area (Å²) in [4.78, 5) is 37.2. The second-order valence-electron chi connectivity index (χ2n) is 4.63. The second kappa shape index (κ2) is 5.50. The molecule has 7 heteroatoms. The highest BCUT2D eigenvalue weighted by Gasteiger charge is 2.34. The van der Waals surface area contributed by atoms with E-state index in [0.717, 1.165) is 10.5 Å². The number of benzene rings is 1. The minimum atomic E-state index is -0.466. The van der Waals surface area contributed by atoms with Crippen LogP contribution in [0.5, 0.6) is 0 Å². The molecule has 106 valence electrons. The minimum absolute atomic E-state index is 0.00245. The van der Waals surface area contributed by atoms with E-state index in [-0.39, 0.29) is 19.0 Å². The molecule has 0 unspecified atom stereocenters. The first kappa shape index (κ1) is 14.3. The van der Waals surface area contributed by atoms with Gasteiger partial charge in [-0.15, -0.1) is 0 Å². The summed E-state index contributed by atoms with van der Waals surface area (Å²) in [6.45, 7) is 1.56. The first-order valence-corrected chi connectivity index (χ1v) is 6.37. The van der Waals surface area contributed by atoms with E-state index in [1.807, 2.05) is 6.92 Å². The Morgan fingerprint density at radius 1 is 1.40 bits per heavy atom. The molecule has 0 aliphatic carbocycles. The third-order valence-electron chi connectivity index (χ3n) is 2.99. The lowest BCUT2D eigenvalue weighted by Gasteiger charge is -2.14. The van der Waals surface area contributed by atoms with Gasteiger partial charge in [0.05, 0.1) is 0 Å². The fourth-order valence-corrected chi connectivity index (χ4v) is 2.02. The molecule has 1 aromatic rings. The van der Waals surface area contributed by atoms with Gasteiger partial charge in [-0.05, 0) is 24.6 Å². The number of aryl methyl sites for hydroxylation is 1. The van der Waals surface area contributed by atoms with Crippen LogP contribution in [0.1, 0.15) is 5.56 Å². The third kappa shape index (κ3) is 2.91. The molecule has 1 aliphatic rings. The summed E-state index contributed by atoms with van der Waals surface area (Å²) >= 11 is 5.96. The maximum atomic E-state index is 11.8. The predicted octanol–water partition coefficient (Wildman–Crippen LogP) is 1.48. The van der Waals surface area contributed by atoms with Crippen LogP contribution < -0.4 is 5.32 Å². The van der Waals surface area contributed by atoms with Crippen LogP contribution in [0.4, 0.5) is 10.5 Å². The van der Waals surface area contributed by atoms with Crippen LogP contribution in [-0.4, -0.2) is 47.8 Å². The number of carbonyl (C=O) groups excluding carboxylic acids is 3. The average molecular weight is 296 g/mol. The van der Waals surface area contributed by atoms with Gasteiger partial charge in [-0.3, -0.25) is 14.5 Å². The number of nitrogens with one attached hydrogen (secondary N) is 1. The highest BCUT2D eigenvalue weighted by Crippen LogP contribution is 2.20. The van der Waals surface area contributed by atoms with E-state index < -0.39 is 11.9 Å². The number of amides is 4. The van der Waals surface area contributed by atoms with Crippen molar-refractivity contribution in [1.82, 2.24) is 9.80 Å². The molecule has 1 aromatic carbocycles. The Bertz CT molecular complexity index is 588. The van der Waals surface area contributed by atoms with Gasteiger partial charge in [0.2, 0.25) is 5.91 Å².